The molecule has 0 amide bonds. The average Bonchev–Trinajstić information content (AvgIpc) is 2.96. The molecule has 0 aliphatic heterocycles. The van der Waals surface area contributed by atoms with Crippen molar-refractivity contribution in [2.75, 3.05) is 37.6 Å². The molecule has 0 radical (unpaired) electrons. The Kier molecular flexibility index (Phi) is 10.0. The predicted octanol–water partition coefficient (Wildman–Crippen LogP) is 5.84. The maximum absolute atomic E-state index is 10.6. The highest BCUT2D eigenvalue weighted by atomic mass is 16.5. The van der Waals surface area contributed by atoms with Gasteiger partial charge in [-0.15, -0.1) is 0 Å². The summed E-state index contributed by atoms with van der Waals surface area (Å²) in [5.41, 5.74) is 12.1. The SMILES string of the molecule is CNc1cc(C#Cc2ccccc2)ccc1N.COc1ccc(NCc2ccc(C=O)cc2)cc1OC. The number of nitrogens with two attached hydrogens (primary N) is 1. The second-order valence-electron chi connectivity index (χ2n) is 7.95. The second kappa shape index (κ2) is 13.9. The van der Waals surface area contributed by atoms with Gasteiger partial charge in [0.05, 0.1) is 25.6 Å². The number of nitrogens with one attached hydrogen (secondary N) is 2. The van der Waals surface area contributed by atoms with E-state index in [1.165, 1.54) is 0 Å². The van der Waals surface area contributed by atoms with E-state index in [9.17, 15) is 4.79 Å². The molecule has 6 nitrogen and oxygen atoms in total. The van der Waals surface area contributed by atoms with Crippen molar-refractivity contribution < 1.29 is 14.3 Å². The number of hydrogen-bond acceptors (Lipinski definition) is 6. The van der Waals surface area contributed by atoms with Crippen LogP contribution in [0.5, 0.6) is 11.5 Å². The molecule has 0 unspecified atom stereocenters. The minimum Gasteiger partial charge on any atom is -0.493 e. The summed E-state index contributed by atoms with van der Waals surface area (Å²) in [6.07, 6.45) is 0.839. The third kappa shape index (κ3) is 8.08. The first-order valence-corrected chi connectivity index (χ1v) is 11.7. The third-order valence-electron chi connectivity index (χ3n) is 5.44. The number of methoxy groups -OCH3 is 2. The lowest BCUT2D eigenvalue weighted by Gasteiger charge is -2.11. The summed E-state index contributed by atoms with van der Waals surface area (Å²) in [5.74, 6) is 7.62. The van der Waals surface area contributed by atoms with E-state index in [0.717, 1.165) is 40.0 Å². The Bertz CT molecular complexity index is 1360. The van der Waals surface area contributed by atoms with Crippen LogP contribution in [0.4, 0.5) is 17.1 Å². The number of nitrogen functional groups attached to an aromatic ring is 1. The lowest BCUT2D eigenvalue weighted by molar-refractivity contribution is 0.112. The number of benzene rings is 4. The molecule has 37 heavy (non-hydrogen) atoms. The molecular weight excluding hydrogens is 462 g/mol. The van der Waals surface area contributed by atoms with Gasteiger partial charge < -0.3 is 25.8 Å². The fourth-order valence-corrected chi connectivity index (χ4v) is 3.38. The van der Waals surface area contributed by atoms with Crippen LogP contribution in [0.15, 0.2) is 91.0 Å². The van der Waals surface area contributed by atoms with Crippen LogP contribution in [0, 0.1) is 11.8 Å². The molecule has 6 heteroatoms. The number of aldehydes is 1. The zero-order valence-electron chi connectivity index (χ0n) is 21.2. The minimum atomic E-state index is 0.675. The first kappa shape index (κ1) is 26.7. The molecule has 0 aliphatic carbocycles. The van der Waals surface area contributed by atoms with Crippen LogP contribution in [0.25, 0.3) is 0 Å². The molecule has 0 aliphatic rings. The highest BCUT2D eigenvalue weighted by Gasteiger charge is 2.04. The van der Waals surface area contributed by atoms with E-state index in [-0.39, 0.29) is 0 Å². The van der Waals surface area contributed by atoms with Crippen LogP contribution in [0.3, 0.4) is 0 Å². The summed E-state index contributed by atoms with van der Waals surface area (Å²) < 4.78 is 10.4. The van der Waals surface area contributed by atoms with Gasteiger partial charge in [0.2, 0.25) is 0 Å². The van der Waals surface area contributed by atoms with Crippen LogP contribution in [-0.4, -0.2) is 27.6 Å². The van der Waals surface area contributed by atoms with E-state index < -0.39 is 0 Å². The molecule has 0 atom stereocenters. The van der Waals surface area contributed by atoms with Crippen molar-refractivity contribution >= 4 is 23.3 Å². The van der Waals surface area contributed by atoms with Gasteiger partial charge in [0.25, 0.3) is 0 Å². The molecule has 0 saturated heterocycles. The summed E-state index contributed by atoms with van der Waals surface area (Å²) in [6, 6.07) is 28.8. The van der Waals surface area contributed by atoms with Crippen LogP contribution in [0.1, 0.15) is 27.0 Å². The van der Waals surface area contributed by atoms with E-state index in [4.69, 9.17) is 15.2 Å². The highest BCUT2D eigenvalue weighted by molar-refractivity contribution is 5.74. The van der Waals surface area contributed by atoms with Crippen LogP contribution < -0.4 is 25.8 Å². The Hall–Kier alpha value is -4.89. The summed E-state index contributed by atoms with van der Waals surface area (Å²) in [6.45, 7) is 0.675. The Morgan fingerprint density at radius 2 is 1.51 bits per heavy atom. The Morgan fingerprint density at radius 3 is 2.16 bits per heavy atom. The van der Waals surface area contributed by atoms with E-state index in [0.29, 0.717) is 23.6 Å². The molecule has 0 bridgehead atoms. The third-order valence-corrected chi connectivity index (χ3v) is 5.44. The smallest absolute Gasteiger partial charge is 0.162 e. The molecule has 4 N–H and O–H groups in total. The zero-order valence-corrected chi connectivity index (χ0v) is 21.2. The van der Waals surface area contributed by atoms with Crippen LogP contribution in [0.2, 0.25) is 0 Å². The number of anilines is 3. The minimum absolute atomic E-state index is 0.675. The van der Waals surface area contributed by atoms with Gasteiger partial charge >= 0.3 is 0 Å². The zero-order chi connectivity index (χ0) is 26.5. The standard InChI is InChI=1S/C16H17NO3.C15H14N2/c1-19-15-8-7-14(9-16(15)20-2)17-10-12-3-5-13(11-18)6-4-12;1-17-15-11-13(9-10-14(15)16)8-7-12-5-3-2-4-6-12/h3-9,11,17H,10H2,1-2H3;2-6,9-11,17H,16H2,1H3. The summed E-state index contributed by atoms with van der Waals surface area (Å²) in [4.78, 5) is 10.6. The van der Waals surface area contributed by atoms with Crippen molar-refractivity contribution in [1.82, 2.24) is 0 Å². The van der Waals surface area contributed by atoms with Crippen molar-refractivity contribution in [2.45, 2.75) is 6.54 Å². The molecule has 188 valence electrons. The Labute approximate surface area is 218 Å². The first-order valence-electron chi connectivity index (χ1n) is 11.7. The Morgan fingerprint density at radius 1 is 0.811 bits per heavy atom. The molecule has 0 fully saturated rings. The van der Waals surface area contributed by atoms with Crippen molar-refractivity contribution in [3.63, 3.8) is 0 Å². The summed E-state index contributed by atoms with van der Waals surface area (Å²) in [5, 5.41) is 6.34. The quantitative estimate of drug-likeness (QED) is 0.170. The average molecular weight is 494 g/mol. The lowest BCUT2D eigenvalue weighted by Crippen LogP contribution is -2.00. The highest BCUT2D eigenvalue weighted by Crippen LogP contribution is 2.29. The number of carbonyl (C=O) groups is 1. The van der Waals surface area contributed by atoms with E-state index in [2.05, 4.69) is 22.5 Å². The van der Waals surface area contributed by atoms with Crippen molar-refractivity contribution in [2.24, 2.45) is 0 Å². The summed E-state index contributed by atoms with van der Waals surface area (Å²) >= 11 is 0. The van der Waals surface area contributed by atoms with Gasteiger partial charge in [-0.25, -0.2) is 0 Å². The topological polar surface area (TPSA) is 85.6 Å². The van der Waals surface area contributed by atoms with E-state index in [1.54, 1.807) is 26.4 Å². The maximum atomic E-state index is 10.6. The molecule has 4 aromatic carbocycles. The molecule has 0 spiro atoms. The maximum Gasteiger partial charge on any atom is 0.162 e. The van der Waals surface area contributed by atoms with Gasteiger partial charge in [-0.3, -0.25) is 4.79 Å². The predicted molar refractivity (Wildman–Crippen MR) is 152 cm³/mol. The Balaban J connectivity index is 0.000000208. The van der Waals surface area contributed by atoms with Gasteiger partial charge in [-0.1, -0.05) is 54.3 Å². The van der Waals surface area contributed by atoms with Gasteiger partial charge in [0, 0.05) is 42.0 Å². The number of rotatable bonds is 7. The molecule has 4 aromatic rings. The fourth-order valence-electron chi connectivity index (χ4n) is 3.38. The largest absolute Gasteiger partial charge is 0.493 e. The fraction of sp³-hybridized carbons (Fsp3) is 0.129. The van der Waals surface area contributed by atoms with Gasteiger partial charge in [0.1, 0.15) is 6.29 Å². The van der Waals surface area contributed by atoms with Crippen LogP contribution >= 0.6 is 0 Å². The van der Waals surface area contributed by atoms with Gasteiger partial charge in [-0.05, 0) is 48.0 Å². The van der Waals surface area contributed by atoms with E-state index in [1.807, 2.05) is 85.9 Å². The van der Waals surface area contributed by atoms with E-state index >= 15 is 0 Å². The van der Waals surface area contributed by atoms with Crippen molar-refractivity contribution in [1.29, 1.82) is 0 Å². The van der Waals surface area contributed by atoms with Gasteiger partial charge in [-0.2, -0.15) is 0 Å². The molecule has 0 saturated carbocycles. The molecule has 0 aromatic heterocycles. The number of ether oxygens (including phenoxy) is 2. The van der Waals surface area contributed by atoms with Crippen molar-refractivity contribution in [3.8, 4) is 23.3 Å². The molecule has 4 rings (SSSR count). The normalized spacial score (nSPS) is 9.59. The van der Waals surface area contributed by atoms with Crippen molar-refractivity contribution in [3.05, 3.63) is 113 Å². The number of hydrogen-bond donors (Lipinski definition) is 3. The number of carbonyl (C=O) groups excluding carboxylic acids is 1. The lowest BCUT2D eigenvalue weighted by atomic mass is 10.1. The second-order valence-corrected chi connectivity index (χ2v) is 7.95. The molecule has 0 heterocycles. The van der Waals surface area contributed by atoms with Crippen LogP contribution in [-0.2, 0) is 6.54 Å². The van der Waals surface area contributed by atoms with Gasteiger partial charge in [0.15, 0.2) is 11.5 Å². The monoisotopic (exact) mass is 493 g/mol. The summed E-state index contributed by atoms with van der Waals surface area (Å²) in [7, 11) is 5.07. The molecular formula is C31H31N3O3. The first-order chi connectivity index (χ1) is 18.1.